The van der Waals surface area contributed by atoms with Crippen LogP contribution in [0.4, 0.5) is 0 Å². The molecule has 4 heteroatoms. The molecule has 1 aromatic carbocycles. The number of carbonyl (C=O) groups is 1. The van der Waals surface area contributed by atoms with Gasteiger partial charge < -0.3 is 16.4 Å². The van der Waals surface area contributed by atoms with Crippen molar-refractivity contribution in [3.63, 3.8) is 0 Å². The van der Waals surface area contributed by atoms with Crippen LogP contribution in [0.15, 0.2) is 24.3 Å². The van der Waals surface area contributed by atoms with E-state index in [1.54, 1.807) is 0 Å². The van der Waals surface area contributed by atoms with E-state index in [1.807, 2.05) is 12.1 Å². The van der Waals surface area contributed by atoms with Gasteiger partial charge in [-0.05, 0) is 36.9 Å². The smallest absolute Gasteiger partial charge is 0.237 e. The van der Waals surface area contributed by atoms with Crippen molar-refractivity contribution in [2.24, 2.45) is 5.73 Å². The minimum Gasteiger partial charge on any atom is -0.355 e. The number of nitrogens with two attached hydrogens (primary N) is 1. The quantitative estimate of drug-likeness (QED) is 0.666. The fourth-order valence-electron chi connectivity index (χ4n) is 2.24. The Bertz CT molecular complexity index is 406. The lowest BCUT2D eigenvalue weighted by Gasteiger charge is -2.25. The summed E-state index contributed by atoms with van der Waals surface area (Å²) in [4.78, 5) is 12.0. The number of amides is 1. The highest BCUT2D eigenvalue weighted by atomic mass is 16.2. The molecule has 0 radical (unpaired) electrons. The van der Waals surface area contributed by atoms with Gasteiger partial charge in [-0.25, -0.2) is 0 Å². The molecule has 1 aliphatic heterocycles. The molecule has 1 atom stereocenters. The summed E-state index contributed by atoms with van der Waals surface area (Å²) in [7, 11) is 0. The first-order chi connectivity index (χ1) is 8.81. The maximum atomic E-state index is 12.0. The first kappa shape index (κ1) is 13.1. The Kier molecular flexibility index (Phi) is 4.73. The highest BCUT2D eigenvalue weighted by Crippen LogP contribution is 2.16. The van der Waals surface area contributed by atoms with Crippen LogP contribution in [-0.2, 0) is 17.8 Å². The molecule has 0 unspecified atom stereocenters. The molecule has 0 aliphatic carbocycles. The maximum Gasteiger partial charge on any atom is 0.237 e. The lowest BCUT2D eigenvalue weighted by atomic mass is 9.95. The molecular formula is C14H21N3O. The molecule has 0 spiro atoms. The van der Waals surface area contributed by atoms with E-state index >= 15 is 0 Å². The van der Waals surface area contributed by atoms with E-state index < -0.39 is 0 Å². The maximum absolute atomic E-state index is 12.0. The lowest BCUT2D eigenvalue weighted by molar-refractivity contribution is -0.123. The molecule has 4 nitrogen and oxygen atoms in total. The SMILES string of the molecule is NCCCCNC(=O)[C@H]1Cc2ccccc2CN1. The van der Waals surface area contributed by atoms with Crippen LogP contribution < -0.4 is 16.4 Å². The van der Waals surface area contributed by atoms with Gasteiger partial charge in [-0.3, -0.25) is 4.79 Å². The number of hydrogen-bond acceptors (Lipinski definition) is 3. The van der Waals surface area contributed by atoms with Gasteiger partial charge in [0, 0.05) is 13.1 Å². The molecule has 1 amide bonds. The third kappa shape index (κ3) is 3.31. The standard InChI is InChI=1S/C14H21N3O/c15-7-3-4-8-16-14(18)13-9-11-5-1-2-6-12(11)10-17-13/h1-2,5-6,13,17H,3-4,7-10,15H2,(H,16,18)/t13-/m1/s1. The molecule has 18 heavy (non-hydrogen) atoms. The molecular weight excluding hydrogens is 226 g/mol. The van der Waals surface area contributed by atoms with Gasteiger partial charge >= 0.3 is 0 Å². The molecule has 1 heterocycles. The summed E-state index contributed by atoms with van der Waals surface area (Å²) in [6, 6.07) is 8.18. The van der Waals surface area contributed by atoms with Crippen LogP contribution in [0.1, 0.15) is 24.0 Å². The number of nitrogens with one attached hydrogen (secondary N) is 2. The van der Waals surface area contributed by atoms with Crippen molar-refractivity contribution >= 4 is 5.91 Å². The second kappa shape index (κ2) is 6.52. The Labute approximate surface area is 108 Å². The topological polar surface area (TPSA) is 67.1 Å². The van der Waals surface area contributed by atoms with Crippen LogP contribution in [0.25, 0.3) is 0 Å². The van der Waals surface area contributed by atoms with Gasteiger partial charge in [0.2, 0.25) is 5.91 Å². The third-order valence-corrected chi connectivity index (χ3v) is 3.33. The summed E-state index contributed by atoms with van der Waals surface area (Å²) in [6.45, 7) is 2.18. The Morgan fingerprint density at radius 2 is 2.11 bits per heavy atom. The highest BCUT2D eigenvalue weighted by molar-refractivity contribution is 5.82. The molecule has 1 aliphatic rings. The van der Waals surface area contributed by atoms with Crippen molar-refractivity contribution in [2.45, 2.75) is 31.8 Å². The zero-order valence-electron chi connectivity index (χ0n) is 10.6. The zero-order valence-corrected chi connectivity index (χ0v) is 10.6. The van der Waals surface area contributed by atoms with E-state index in [2.05, 4.69) is 22.8 Å². The second-order valence-electron chi connectivity index (χ2n) is 4.69. The largest absolute Gasteiger partial charge is 0.355 e. The van der Waals surface area contributed by atoms with E-state index in [1.165, 1.54) is 11.1 Å². The predicted octanol–water partition coefficient (Wildman–Crippen LogP) is 0.556. The van der Waals surface area contributed by atoms with Crippen LogP contribution >= 0.6 is 0 Å². The molecule has 0 bridgehead atoms. The average molecular weight is 247 g/mol. The first-order valence-corrected chi connectivity index (χ1v) is 6.59. The van der Waals surface area contributed by atoms with Crippen molar-refractivity contribution in [2.75, 3.05) is 13.1 Å². The molecule has 4 N–H and O–H groups in total. The van der Waals surface area contributed by atoms with Crippen LogP contribution in [0, 0.1) is 0 Å². The summed E-state index contributed by atoms with van der Waals surface area (Å²) in [5.74, 6) is 0.0986. The third-order valence-electron chi connectivity index (χ3n) is 3.33. The minimum absolute atomic E-state index is 0.0986. The first-order valence-electron chi connectivity index (χ1n) is 6.59. The minimum atomic E-state index is -0.0993. The number of rotatable bonds is 5. The van der Waals surface area contributed by atoms with E-state index in [4.69, 9.17) is 5.73 Å². The molecule has 0 saturated carbocycles. The number of unbranched alkanes of at least 4 members (excludes halogenated alkanes) is 1. The van der Waals surface area contributed by atoms with Gasteiger partial charge in [-0.2, -0.15) is 0 Å². The van der Waals surface area contributed by atoms with Crippen molar-refractivity contribution in [1.29, 1.82) is 0 Å². The van der Waals surface area contributed by atoms with Crippen molar-refractivity contribution in [3.05, 3.63) is 35.4 Å². The summed E-state index contributed by atoms with van der Waals surface area (Å²) >= 11 is 0. The molecule has 0 fully saturated rings. The lowest BCUT2D eigenvalue weighted by Crippen LogP contribution is -2.47. The van der Waals surface area contributed by atoms with Crippen LogP contribution in [0.3, 0.4) is 0 Å². The number of hydrogen-bond donors (Lipinski definition) is 3. The van der Waals surface area contributed by atoms with Crippen LogP contribution in [-0.4, -0.2) is 25.0 Å². The summed E-state index contributed by atoms with van der Waals surface area (Å²) in [5, 5.41) is 6.24. The molecule has 0 aromatic heterocycles. The molecule has 0 saturated heterocycles. The average Bonchev–Trinajstić information content (AvgIpc) is 2.43. The summed E-state index contributed by atoms with van der Waals surface area (Å²) in [6.07, 6.45) is 2.69. The van der Waals surface area contributed by atoms with Crippen molar-refractivity contribution in [3.8, 4) is 0 Å². The van der Waals surface area contributed by atoms with Gasteiger partial charge in [-0.15, -0.1) is 0 Å². The van der Waals surface area contributed by atoms with Gasteiger partial charge in [0.15, 0.2) is 0 Å². The fourth-order valence-corrected chi connectivity index (χ4v) is 2.24. The van der Waals surface area contributed by atoms with Gasteiger partial charge in [0.1, 0.15) is 0 Å². The van der Waals surface area contributed by atoms with E-state index in [-0.39, 0.29) is 11.9 Å². The van der Waals surface area contributed by atoms with Gasteiger partial charge in [0.05, 0.1) is 6.04 Å². The van der Waals surface area contributed by atoms with Gasteiger partial charge in [0.25, 0.3) is 0 Å². The number of benzene rings is 1. The Hall–Kier alpha value is -1.39. The Morgan fingerprint density at radius 3 is 2.89 bits per heavy atom. The highest BCUT2D eigenvalue weighted by Gasteiger charge is 2.23. The molecule has 98 valence electrons. The summed E-state index contributed by atoms with van der Waals surface area (Å²) < 4.78 is 0. The molecule has 2 rings (SSSR count). The van der Waals surface area contributed by atoms with E-state index in [0.29, 0.717) is 6.54 Å². The zero-order chi connectivity index (χ0) is 12.8. The Balaban J connectivity index is 1.83. The van der Waals surface area contributed by atoms with Crippen LogP contribution in [0.5, 0.6) is 0 Å². The monoisotopic (exact) mass is 247 g/mol. The normalized spacial score (nSPS) is 18.2. The summed E-state index contributed by atoms with van der Waals surface area (Å²) in [5.41, 5.74) is 7.99. The predicted molar refractivity (Wildman–Crippen MR) is 72.1 cm³/mol. The van der Waals surface area contributed by atoms with Gasteiger partial charge in [-0.1, -0.05) is 24.3 Å². The van der Waals surface area contributed by atoms with Crippen molar-refractivity contribution in [1.82, 2.24) is 10.6 Å². The number of carbonyl (C=O) groups excluding carboxylic acids is 1. The van der Waals surface area contributed by atoms with Crippen molar-refractivity contribution < 1.29 is 4.79 Å². The second-order valence-corrected chi connectivity index (χ2v) is 4.69. The van der Waals surface area contributed by atoms with E-state index in [9.17, 15) is 4.79 Å². The fraction of sp³-hybridized carbons (Fsp3) is 0.500. The molecule has 1 aromatic rings. The number of fused-ring (bicyclic) bond motifs is 1. The Morgan fingerprint density at radius 1 is 1.33 bits per heavy atom. The van der Waals surface area contributed by atoms with E-state index in [0.717, 1.165) is 32.4 Å². The van der Waals surface area contributed by atoms with Crippen LogP contribution in [0.2, 0.25) is 0 Å².